The smallest absolute Gasteiger partial charge is 0.270 e. The molecule has 1 atom stereocenters. The van der Waals surface area contributed by atoms with Gasteiger partial charge in [0, 0.05) is 17.3 Å². The zero-order valence-electron chi connectivity index (χ0n) is 10.2. The van der Waals surface area contributed by atoms with Crippen molar-refractivity contribution in [3.63, 3.8) is 0 Å². The Morgan fingerprint density at radius 2 is 2.11 bits per heavy atom. The second-order valence-electron chi connectivity index (χ2n) is 4.12. The molecule has 3 nitrogen and oxygen atoms in total. The van der Waals surface area contributed by atoms with Crippen molar-refractivity contribution in [3.05, 3.63) is 42.1 Å². The highest BCUT2D eigenvalue weighted by Gasteiger charge is 2.12. The standard InChI is InChI=1S/C14H15ClN2O/c1-2-11(9-15)16-14(18)13-8-7-10-5-3-4-6-12(10)17-13/h3-8,11H,2,9H2,1H3,(H,16,18). The molecule has 0 aliphatic carbocycles. The summed E-state index contributed by atoms with van der Waals surface area (Å²) in [7, 11) is 0. The molecule has 4 heteroatoms. The lowest BCUT2D eigenvalue weighted by molar-refractivity contribution is 0.0935. The van der Waals surface area contributed by atoms with E-state index in [1.54, 1.807) is 6.07 Å². The third kappa shape index (κ3) is 2.79. The van der Waals surface area contributed by atoms with Crippen LogP contribution in [0.15, 0.2) is 36.4 Å². The van der Waals surface area contributed by atoms with Crippen molar-refractivity contribution in [2.24, 2.45) is 0 Å². The van der Waals surface area contributed by atoms with E-state index in [9.17, 15) is 4.79 Å². The number of alkyl halides is 1. The molecule has 1 N–H and O–H groups in total. The fourth-order valence-electron chi connectivity index (χ4n) is 1.70. The second kappa shape index (κ2) is 5.83. The minimum atomic E-state index is -0.173. The third-order valence-electron chi connectivity index (χ3n) is 2.85. The van der Waals surface area contributed by atoms with Crippen molar-refractivity contribution in [2.75, 3.05) is 5.88 Å². The lowest BCUT2D eigenvalue weighted by Gasteiger charge is -2.13. The predicted octanol–water partition coefficient (Wildman–Crippen LogP) is 2.98. The molecule has 94 valence electrons. The molecule has 0 fully saturated rings. The van der Waals surface area contributed by atoms with Crippen LogP contribution in [0.4, 0.5) is 0 Å². The third-order valence-corrected chi connectivity index (χ3v) is 3.22. The van der Waals surface area contributed by atoms with Crippen molar-refractivity contribution < 1.29 is 4.79 Å². The summed E-state index contributed by atoms with van der Waals surface area (Å²) in [6.45, 7) is 1.99. The number of nitrogens with zero attached hydrogens (tertiary/aromatic N) is 1. The van der Waals surface area contributed by atoms with Gasteiger partial charge in [0.05, 0.1) is 5.52 Å². The van der Waals surface area contributed by atoms with Gasteiger partial charge in [0.25, 0.3) is 5.91 Å². The van der Waals surface area contributed by atoms with E-state index in [0.29, 0.717) is 11.6 Å². The molecule has 1 aromatic heterocycles. The van der Waals surface area contributed by atoms with Crippen LogP contribution in [0.25, 0.3) is 10.9 Å². The minimum Gasteiger partial charge on any atom is -0.347 e. The molecule has 1 heterocycles. The fraction of sp³-hybridized carbons (Fsp3) is 0.286. The Hall–Kier alpha value is -1.61. The van der Waals surface area contributed by atoms with Crippen LogP contribution in [0.3, 0.4) is 0 Å². The van der Waals surface area contributed by atoms with Gasteiger partial charge in [0.15, 0.2) is 0 Å². The summed E-state index contributed by atoms with van der Waals surface area (Å²) in [5.74, 6) is 0.240. The summed E-state index contributed by atoms with van der Waals surface area (Å²) in [6.07, 6.45) is 0.808. The maximum Gasteiger partial charge on any atom is 0.270 e. The molecule has 2 aromatic rings. The average molecular weight is 263 g/mol. The van der Waals surface area contributed by atoms with Crippen LogP contribution in [0, 0.1) is 0 Å². The first-order valence-corrected chi connectivity index (χ1v) is 6.50. The molecule has 0 spiro atoms. The number of halogens is 1. The number of benzene rings is 1. The number of hydrogen-bond donors (Lipinski definition) is 1. The van der Waals surface area contributed by atoms with Gasteiger partial charge >= 0.3 is 0 Å². The van der Waals surface area contributed by atoms with Gasteiger partial charge in [-0.3, -0.25) is 4.79 Å². The lowest BCUT2D eigenvalue weighted by atomic mass is 10.2. The Morgan fingerprint density at radius 3 is 2.83 bits per heavy atom. The first-order chi connectivity index (χ1) is 8.74. The lowest BCUT2D eigenvalue weighted by Crippen LogP contribution is -2.36. The van der Waals surface area contributed by atoms with Crippen LogP contribution < -0.4 is 5.32 Å². The fourth-order valence-corrected chi connectivity index (χ4v) is 2.00. The summed E-state index contributed by atoms with van der Waals surface area (Å²) in [6, 6.07) is 11.3. The summed E-state index contributed by atoms with van der Waals surface area (Å²) in [5.41, 5.74) is 1.25. The highest BCUT2D eigenvalue weighted by Crippen LogP contribution is 2.11. The van der Waals surface area contributed by atoms with Gasteiger partial charge in [-0.15, -0.1) is 11.6 Å². The highest BCUT2D eigenvalue weighted by atomic mass is 35.5. The van der Waals surface area contributed by atoms with E-state index in [1.165, 1.54) is 0 Å². The summed E-state index contributed by atoms with van der Waals surface area (Å²) in [4.78, 5) is 16.3. The number of nitrogens with one attached hydrogen (secondary N) is 1. The van der Waals surface area contributed by atoms with Gasteiger partial charge in [-0.2, -0.15) is 0 Å². The Labute approximate surface area is 111 Å². The van der Waals surface area contributed by atoms with Gasteiger partial charge in [0.2, 0.25) is 0 Å². The Morgan fingerprint density at radius 1 is 1.33 bits per heavy atom. The normalized spacial score (nSPS) is 12.3. The summed E-state index contributed by atoms with van der Waals surface area (Å²) >= 11 is 5.76. The number of fused-ring (bicyclic) bond motifs is 1. The van der Waals surface area contributed by atoms with E-state index in [0.717, 1.165) is 17.3 Å². The van der Waals surface area contributed by atoms with E-state index in [1.807, 2.05) is 37.3 Å². The molecule has 0 aliphatic rings. The van der Waals surface area contributed by atoms with E-state index in [-0.39, 0.29) is 11.9 Å². The molecule has 18 heavy (non-hydrogen) atoms. The van der Waals surface area contributed by atoms with Crippen molar-refractivity contribution in [3.8, 4) is 0 Å². The van der Waals surface area contributed by atoms with Crippen LogP contribution in [-0.4, -0.2) is 22.8 Å². The molecule has 0 aliphatic heterocycles. The quantitative estimate of drug-likeness (QED) is 0.861. The van der Waals surface area contributed by atoms with Crippen LogP contribution in [0.1, 0.15) is 23.8 Å². The molecule has 0 radical (unpaired) electrons. The molecule has 1 unspecified atom stereocenters. The molecular formula is C14H15ClN2O. The molecule has 0 bridgehead atoms. The molecule has 0 saturated carbocycles. The molecule has 1 aromatic carbocycles. The van der Waals surface area contributed by atoms with E-state index in [4.69, 9.17) is 11.6 Å². The van der Waals surface area contributed by atoms with Crippen LogP contribution in [0.5, 0.6) is 0 Å². The maximum absolute atomic E-state index is 12.0. The largest absolute Gasteiger partial charge is 0.347 e. The number of amides is 1. The van der Waals surface area contributed by atoms with E-state index in [2.05, 4.69) is 10.3 Å². The zero-order valence-corrected chi connectivity index (χ0v) is 10.9. The first-order valence-electron chi connectivity index (χ1n) is 5.97. The van der Waals surface area contributed by atoms with E-state index < -0.39 is 0 Å². The van der Waals surface area contributed by atoms with Crippen LogP contribution >= 0.6 is 11.6 Å². The number of hydrogen-bond acceptors (Lipinski definition) is 2. The average Bonchev–Trinajstić information content (AvgIpc) is 2.44. The number of pyridine rings is 1. The van der Waals surface area contributed by atoms with Crippen molar-refractivity contribution in [1.82, 2.24) is 10.3 Å². The van der Waals surface area contributed by atoms with Gasteiger partial charge < -0.3 is 5.32 Å². The number of aromatic nitrogens is 1. The zero-order chi connectivity index (χ0) is 13.0. The first kappa shape index (κ1) is 12.8. The number of carbonyl (C=O) groups is 1. The van der Waals surface area contributed by atoms with Gasteiger partial charge in [-0.05, 0) is 18.6 Å². The van der Waals surface area contributed by atoms with Gasteiger partial charge in [0.1, 0.15) is 5.69 Å². The topological polar surface area (TPSA) is 42.0 Å². The van der Waals surface area contributed by atoms with Gasteiger partial charge in [-0.25, -0.2) is 4.98 Å². The molecule has 2 rings (SSSR count). The van der Waals surface area contributed by atoms with Crippen molar-refractivity contribution in [2.45, 2.75) is 19.4 Å². The SMILES string of the molecule is CCC(CCl)NC(=O)c1ccc2ccccc2n1. The van der Waals surface area contributed by atoms with Crippen LogP contribution in [-0.2, 0) is 0 Å². The predicted molar refractivity (Wildman–Crippen MR) is 74.0 cm³/mol. The molecular weight excluding hydrogens is 248 g/mol. The Bertz CT molecular complexity index is 552. The molecule has 0 saturated heterocycles. The number of rotatable bonds is 4. The number of para-hydroxylation sites is 1. The van der Waals surface area contributed by atoms with E-state index >= 15 is 0 Å². The Kier molecular flexibility index (Phi) is 4.15. The summed E-state index contributed by atoms with van der Waals surface area (Å²) < 4.78 is 0. The minimum absolute atomic E-state index is 0.00700. The van der Waals surface area contributed by atoms with Crippen LogP contribution in [0.2, 0.25) is 0 Å². The second-order valence-corrected chi connectivity index (χ2v) is 4.43. The Balaban J connectivity index is 2.22. The highest BCUT2D eigenvalue weighted by molar-refractivity contribution is 6.18. The number of carbonyl (C=O) groups excluding carboxylic acids is 1. The van der Waals surface area contributed by atoms with Crippen molar-refractivity contribution in [1.29, 1.82) is 0 Å². The van der Waals surface area contributed by atoms with Crippen molar-refractivity contribution >= 4 is 28.4 Å². The molecule has 1 amide bonds. The summed E-state index contributed by atoms with van der Waals surface area (Å²) in [5, 5.41) is 3.89. The van der Waals surface area contributed by atoms with Gasteiger partial charge in [-0.1, -0.05) is 31.2 Å². The maximum atomic E-state index is 12.0. The monoisotopic (exact) mass is 262 g/mol.